The third-order valence-corrected chi connectivity index (χ3v) is 3.98. The van der Waals surface area contributed by atoms with Crippen molar-refractivity contribution < 1.29 is 0 Å². The van der Waals surface area contributed by atoms with Crippen LogP contribution in [0.2, 0.25) is 0 Å². The molecule has 0 fully saturated rings. The number of hydrogen-bond acceptors (Lipinski definition) is 2. The van der Waals surface area contributed by atoms with Crippen LogP contribution in [0.3, 0.4) is 0 Å². The number of aryl methyl sites for hydroxylation is 1. The second-order valence-corrected chi connectivity index (χ2v) is 4.78. The van der Waals surface area contributed by atoms with E-state index in [2.05, 4.69) is 40.4 Å². The second kappa shape index (κ2) is 3.91. The van der Waals surface area contributed by atoms with Gasteiger partial charge in [-0.1, -0.05) is 22.9 Å². The Morgan fingerprint density at radius 1 is 1.43 bits per heavy atom. The van der Waals surface area contributed by atoms with Gasteiger partial charge in [0.15, 0.2) is 0 Å². The van der Waals surface area contributed by atoms with Crippen molar-refractivity contribution in [1.82, 2.24) is 0 Å². The number of halogens is 1. The van der Waals surface area contributed by atoms with Crippen molar-refractivity contribution in [2.24, 2.45) is 0 Å². The lowest BCUT2D eigenvalue weighted by Gasteiger charge is -2.02. The molecule has 1 heterocycles. The largest absolute Gasteiger partial charge is 0.398 e. The molecule has 0 saturated carbocycles. The minimum atomic E-state index is 0.878. The smallest absolute Gasteiger partial charge is 0.0408 e. The molecule has 0 aliphatic carbocycles. The van der Waals surface area contributed by atoms with Gasteiger partial charge in [0, 0.05) is 21.1 Å². The maximum absolute atomic E-state index is 6.04. The summed E-state index contributed by atoms with van der Waals surface area (Å²) in [5.74, 6) is 0. The zero-order valence-electron chi connectivity index (χ0n) is 8.01. The van der Waals surface area contributed by atoms with E-state index >= 15 is 0 Å². The molecule has 0 saturated heterocycles. The summed E-state index contributed by atoms with van der Waals surface area (Å²) < 4.78 is 1.30. The van der Waals surface area contributed by atoms with E-state index in [1.165, 1.54) is 21.2 Å². The van der Waals surface area contributed by atoms with Crippen LogP contribution in [0, 0.1) is 0 Å². The van der Waals surface area contributed by atoms with Crippen LogP contribution >= 0.6 is 27.3 Å². The summed E-state index contributed by atoms with van der Waals surface area (Å²) in [5.41, 5.74) is 9.57. The Labute approximate surface area is 96.1 Å². The lowest BCUT2D eigenvalue weighted by molar-refractivity contribution is 1.15. The summed E-state index contributed by atoms with van der Waals surface area (Å²) in [6.45, 7) is 2.15. The van der Waals surface area contributed by atoms with Crippen LogP contribution in [0.4, 0.5) is 5.69 Å². The van der Waals surface area contributed by atoms with Crippen molar-refractivity contribution in [2.75, 3.05) is 5.73 Å². The Balaban J connectivity index is 2.72. The fourth-order valence-electron chi connectivity index (χ4n) is 1.63. The molecule has 1 aromatic carbocycles. The summed E-state index contributed by atoms with van der Waals surface area (Å²) in [6.07, 6.45) is 1.04. The van der Waals surface area contributed by atoms with Gasteiger partial charge in [0.2, 0.25) is 0 Å². The van der Waals surface area contributed by atoms with Crippen LogP contribution in [0.25, 0.3) is 10.1 Å². The van der Waals surface area contributed by atoms with Crippen LogP contribution in [0.15, 0.2) is 17.5 Å². The fraction of sp³-hybridized carbons (Fsp3) is 0.273. The zero-order chi connectivity index (χ0) is 10.1. The van der Waals surface area contributed by atoms with Crippen molar-refractivity contribution in [3.05, 3.63) is 28.6 Å². The fourth-order valence-corrected chi connectivity index (χ4v) is 3.34. The van der Waals surface area contributed by atoms with Gasteiger partial charge < -0.3 is 5.73 Å². The molecular formula is C11H12BrNS. The van der Waals surface area contributed by atoms with Gasteiger partial charge >= 0.3 is 0 Å². The summed E-state index contributed by atoms with van der Waals surface area (Å²) >= 11 is 5.25. The zero-order valence-corrected chi connectivity index (χ0v) is 10.4. The Morgan fingerprint density at radius 2 is 2.21 bits per heavy atom. The third kappa shape index (κ3) is 1.55. The molecule has 3 heteroatoms. The van der Waals surface area contributed by atoms with Gasteiger partial charge in [-0.05, 0) is 35.1 Å². The van der Waals surface area contributed by atoms with Crippen LogP contribution in [0.1, 0.15) is 18.1 Å². The van der Waals surface area contributed by atoms with E-state index in [0.29, 0.717) is 0 Å². The van der Waals surface area contributed by atoms with Gasteiger partial charge in [0.1, 0.15) is 0 Å². The number of benzene rings is 1. The number of rotatable bonds is 2. The Morgan fingerprint density at radius 3 is 2.86 bits per heavy atom. The average Bonchev–Trinajstić information content (AvgIpc) is 2.61. The highest BCUT2D eigenvalue weighted by Crippen LogP contribution is 2.33. The molecular weight excluding hydrogens is 258 g/mol. The highest BCUT2D eigenvalue weighted by molar-refractivity contribution is 9.08. The predicted molar refractivity (Wildman–Crippen MR) is 68.2 cm³/mol. The highest BCUT2D eigenvalue weighted by Gasteiger charge is 2.07. The van der Waals surface area contributed by atoms with Crippen molar-refractivity contribution in [1.29, 1.82) is 0 Å². The SMILES string of the molecule is CCc1cc(N)c2c(CBr)csc2c1. The Kier molecular flexibility index (Phi) is 2.79. The van der Waals surface area contributed by atoms with Crippen molar-refractivity contribution >= 4 is 43.0 Å². The third-order valence-electron chi connectivity index (χ3n) is 2.39. The molecule has 0 aliphatic rings. The van der Waals surface area contributed by atoms with Crippen LogP contribution in [-0.4, -0.2) is 0 Å². The van der Waals surface area contributed by atoms with Gasteiger partial charge in [-0.3, -0.25) is 0 Å². The van der Waals surface area contributed by atoms with Crippen molar-refractivity contribution in [3.8, 4) is 0 Å². The van der Waals surface area contributed by atoms with E-state index in [1.807, 2.05) is 0 Å². The molecule has 14 heavy (non-hydrogen) atoms. The van der Waals surface area contributed by atoms with Crippen LogP contribution < -0.4 is 5.73 Å². The molecule has 0 radical (unpaired) electrons. The minimum Gasteiger partial charge on any atom is -0.398 e. The van der Waals surface area contributed by atoms with E-state index in [9.17, 15) is 0 Å². The molecule has 2 N–H and O–H groups in total. The molecule has 0 bridgehead atoms. The number of thiophene rings is 1. The standard InChI is InChI=1S/C11H12BrNS/c1-2-7-3-9(13)11-8(5-12)6-14-10(11)4-7/h3-4,6H,2,5,13H2,1H3. The van der Waals surface area contributed by atoms with E-state index in [0.717, 1.165) is 17.4 Å². The minimum absolute atomic E-state index is 0.878. The predicted octanol–water partition coefficient (Wildman–Crippen LogP) is 3.94. The first-order chi connectivity index (χ1) is 6.76. The number of hydrogen-bond donors (Lipinski definition) is 1. The van der Waals surface area contributed by atoms with E-state index in [-0.39, 0.29) is 0 Å². The maximum atomic E-state index is 6.04. The highest BCUT2D eigenvalue weighted by atomic mass is 79.9. The molecule has 74 valence electrons. The van der Waals surface area contributed by atoms with E-state index < -0.39 is 0 Å². The summed E-state index contributed by atoms with van der Waals surface area (Å²) in [7, 11) is 0. The summed E-state index contributed by atoms with van der Waals surface area (Å²) in [6, 6.07) is 4.32. The number of fused-ring (bicyclic) bond motifs is 1. The monoisotopic (exact) mass is 269 g/mol. The molecule has 1 nitrogen and oxygen atoms in total. The lowest BCUT2D eigenvalue weighted by Crippen LogP contribution is -1.90. The Bertz CT molecular complexity index is 462. The second-order valence-electron chi connectivity index (χ2n) is 3.31. The average molecular weight is 270 g/mol. The first-order valence-electron chi connectivity index (χ1n) is 4.60. The van der Waals surface area contributed by atoms with E-state index in [1.54, 1.807) is 11.3 Å². The quantitative estimate of drug-likeness (QED) is 0.649. The molecule has 1 aromatic heterocycles. The number of anilines is 1. The number of alkyl halides is 1. The van der Waals surface area contributed by atoms with Gasteiger partial charge in [0.05, 0.1) is 0 Å². The molecule has 0 atom stereocenters. The molecule has 0 aliphatic heterocycles. The van der Waals surface area contributed by atoms with E-state index in [4.69, 9.17) is 5.73 Å². The van der Waals surface area contributed by atoms with Gasteiger partial charge in [-0.25, -0.2) is 0 Å². The van der Waals surface area contributed by atoms with Crippen molar-refractivity contribution in [2.45, 2.75) is 18.7 Å². The van der Waals surface area contributed by atoms with Crippen LogP contribution in [-0.2, 0) is 11.8 Å². The first kappa shape index (κ1) is 9.99. The molecule has 0 unspecified atom stereocenters. The van der Waals surface area contributed by atoms with Crippen molar-refractivity contribution in [3.63, 3.8) is 0 Å². The number of nitrogens with two attached hydrogens (primary N) is 1. The molecule has 0 spiro atoms. The Hall–Kier alpha value is -0.540. The maximum Gasteiger partial charge on any atom is 0.0408 e. The van der Waals surface area contributed by atoms with Gasteiger partial charge in [-0.15, -0.1) is 11.3 Å². The first-order valence-corrected chi connectivity index (χ1v) is 6.60. The normalized spacial score (nSPS) is 11.0. The van der Waals surface area contributed by atoms with Gasteiger partial charge in [0.25, 0.3) is 0 Å². The summed E-state index contributed by atoms with van der Waals surface area (Å²) in [4.78, 5) is 0. The topological polar surface area (TPSA) is 26.0 Å². The molecule has 2 aromatic rings. The van der Waals surface area contributed by atoms with Crippen LogP contribution in [0.5, 0.6) is 0 Å². The molecule has 0 amide bonds. The summed E-state index contributed by atoms with van der Waals surface area (Å²) in [5, 5.41) is 4.28. The van der Waals surface area contributed by atoms with Gasteiger partial charge in [-0.2, -0.15) is 0 Å². The lowest BCUT2D eigenvalue weighted by atomic mass is 10.1. The molecule has 2 rings (SSSR count). The number of nitrogen functional groups attached to an aromatic ring is 1.